The molecule has 19 heavy (non-hydrogen) atoms. The molecule has 0 unspecified atom stereocenters. The lowest BCUT2D eigenvalue weighted by atomic mass is 10.2. The Balaban J connectivity index is 2.26. The number of primary amides is 1. The Bertz CT molecular complexity index is 637. The number of benzene rings is 1. The number of hydrogen-bond acceptors (Lipinski definition) is 4. The molecule has 0 bridgehead atoms. The second kappa shape index (κ2) is 5.38. The van der Waals surface area contributed by atoms with Crippen molar-refractivity contribution >= 4 is 40.6 Å². The summed E-state index contributed by atoms with van der Waals surface area (Å²) in [5.41, 5.74) is 6.58. The fourth-order valence-electron chi connectivity index (χ4n) is 1.47. The molecule has 0 aliphatic carbocycles. The number of nitrogens with two attached hydrogens (primary N) is 1. The second-order valence-corrected chi connectivity index (χ2v) is 5.01. The van der Waals surface area contributed by atoms with Gasteiger partial charge in [0, 0.05) is 10.6 Å². The number of aromatic nitrogens is 1. The maximum absolute atomic E-state index is 12.0. The number of amides is 2. The summed E-state index contributed by atoms with van der Waals surface area (Å²) < 4.78 is 4.00. The number of aryl methyl sites for hydroxylation is 1. The van der Waals surface area contributed by atoms with Crippen LogP contribution < -0.4 is 11.1 Å². The first-order valence-electron chi connectivity index (χ1n) is 5.32. The van der Waals surface area contributed by atoms with Crippen LogP contribution in [-0.2, 0) is 0 Å². The van der Waals surface area contributed by atoms with Gasteiger partial charge in [-0.2, -0.15) is 4.37 Å². The summed E-state index contributed by atoms with van der Waals surface area (Å²) in [7, 11) is 0. The van der Waals surface area contributed by atoms with Crippen LogP contribution >= 0.6 is 23.1 Å². The molecule has 7 heteroatoms. The number of anilines is 1. The van der Waals surface area contributed by atoms with Crippen LogP contribution in [-0.4, -0.2) is 16.2 Å². The van der Waals surface area contributed by atoms with E-state index in [1.54, 1.807) is 31.2 Å². The van der Waals surface area contributed by atoms with Gasteiger partial charge in [-0.3, -0.25) is 9.59 Å². The molecule has 1 aromatic heterocycles. The second-order valence-electron chi connectivity index (χ2n) is 3.80. The van der Waals surface area contributed by atoms with Gasteiger partial charge in [-0.1, -0.05) is 11.6 Å². The minimum atomic E-state index is -0.614. The monoisotopic (exact) mass is 295 g/mol. The smallest absolute Gasteiger partial charge is 0.262 e. The van der Waals surface area contributed by atoms with Crippen LogP contribution in [0.4, 0.5) is 5.69 Å². The zero-order chi connectivity index (χ0) is 14.0. The van der Waals surface area contributed by atoms with Crippen LogP contribution in [0.1, 0.15) is 25.7 Å². The van der Waals surface area contributed by atoms with Gasteiger partial charge in [-0.05, 0) is 42.7 Å². The lowest BCUT2D eigenvalue weighted by Gasteiger charge is -2.05. The molecule has 2 aromatic rings. The molecule has 0 aliphatic rings. The van der Waals surface area contributed by atoms with Crippen LogP contribution in [0.25, 0.3) is 0 Å². The highest BCUT2D eigenvalue weighted by molar-refractivity contribution is 7.08. The average molecular weight is 296 g/mol. The molecule has 5 nitrogen and oxygen atoms in total. The van der Waals surface area contributed by atoms with E-state index in [9.17, 15) is 9.59 Å². The molecule has 2 amide bonds. The number of rotatable bonds is 3. The Kier molecular flexibility index (Phi) is 3.82. The van der Waals surface area contributed by atoms with Crippen LogP contribution in [0.2, 0.25) is 5.02 Å². The van der Waals surface area contributed by atoms with Crippen molar-refractivity contribution in [1.82, 2.24) is 4.37 Å². The first-order chi connectivity index (χ1) is 8.99. The van der Waals surface area contributed by atoms with Gasteiger partial charge in [0.25, 0.3) is 11.8 Å². The van der Waals surface area contributed by atoms with Crippen molar-refractivity contribution in [2.45, 2.75) is 6.92 Å². The molecule has 0 radical (unpaired) electrons. The highest BCUT2D eigenvalue weighted by Gasteiger charge is 2.18. The van der Waals surface area contributed by atoms with Gasteiger partial charge in [0.2, 0.25) is 0 Å². The van der Waals surface area contributed by atoms with Gasteiger partial charge in [-0.15, -0.1) is 0 Å². The highest BCUT2D eigenvalue weighted by atomic mass is 35.5. The molecule has 2 rings (SSSR count). The maximum Gasteiger partial charge on any atom is 0.262 e. The minimum Gasteiger partial charge on any atom is -0.365 e. The molecule has 98 valence electrons. The van der Waals surface area contributed by atoms with E-state index >= 15 is 0 Å². The van der Waals surface area contributed by atoms with E-state index in [0.29, 0.717) is 22.0 Å². The largest absolute Gasteiger partial charge is 0.365 e. The van der Waals surface area contributed by atoms with Crippen molar-refractivity contribution in [2.75, 3.05) is 5.32 Å². The molecule has 0 spiro atoms. The van der Waals surface area contributed by atoms with Crippen molar-refractivity contribution < 1.29 is 9.59 Å². The van der Waals surface area contributed by atoms with Crippen molar-refractivity contribution in [2.24, 2.45) is 5.73 Å². The third kappa shape index (κ3) is 2.91. The Hall–Kier alpha value is -1.92. The Morgan fingerprint density at radius 3 is 2.53 bits per heavy atom. The van der Waals surface area contributed by atoms with Gasteiger partial charge in [0.1, 0.15) is 4.88 Å². The van der Waals surface area contributed by atoms with Crippen LogP contribution in [0.15, 0.2) is 24.3 Å². The van der Waals surface area contributed by atoms with Gasteiger partial charge < -0.3 is 11.1 Å². The number of carbonyl (C=O) groups is 2. The minimum absolute atomic E-state index is 0.236. The molecule has 0 atom stereocenters. The van der Waals surface area contributed by atoms with E-state index in [1.165, 1.54) is 0 Å². The first-order valence-corrected chi connectivity index (χ1v) is 6.47. The summed E-state index contributed by atoms with van der Waals surface area (Å²) in [5.74, 6) is -0.959. The van der Waals surface area contributed by atoms with Crippen LogP contribution in [0, 0.1) is 6.92 Å². The molecule has 0 saturated heterocycles. The van der Waals surface area contributed by atoms with Crippen molar-refractivity contribution in [1.29, 1.82) is 0 Å². The predicted octanol–water partition coefficient (Wildman–Crippen LogP) is 2.46. The number of nitrogens with one attached hydrogen (secondary N) is 1. The standard InChI is InChI=1S/C12H10ClN3O2S/c1-6-9(10(11(14)17)19-16-6)15-12(18)7-2-4-8(13)5-3-7/h2-5H,1H3,(H2,14,17)(H,15,18). The molecular weight excluding hydrogens is 286 g/mol. The first kappa shape index (κ1) is 13.5. The highest BCUT2D eigenvalue weighted by Crippen LogP contribution is 2.24. The van der Waals surface area contributed by atoms with E-state index < -0.39 is 5.91 Å². The van der Waals surface area contributed by atoms with E-state index in [2.05, 4.69) is 9.69 Å². The van der Waals surface area contributed by atoms with Gasteiger partial charge in [-0.25, -0.2) is 0 Å². The van der Waals surface area contributed by atoms with E-state index in [-0.39, 0.29) is 10.8 Å². The number of nitrogens with zero attached hydrogens (tertiary/aromatic N) is 1. The number of hydrogen-bond donors (Lipinski definition) is 2. The van der Waals surface area contributed by atoms with E-state index in [4.69, 9.17) is 17.3 Å². The molecule has 0 saturated carbocycles. The topological polar surface area (TPSA) is 85.1 Å². The average Bonchev–Trinajstić information content (AvgIpc) is 2.72. The molecule has 0 fully saturated rings. The van der Waals surface area contributed by atoms with Crippen LogP contribution in [0.3, 0.4) is 0 Å². The summed E-state index contributed by atoms with van der Waals surface area (Å²) in [6.45, 7) is 1.69. The molecule has 0 aliphatic heterocycles. The zero-order valence-corrected chi connectivity index (χ0v) is 11.5. The third-order valence-corrected chi connectivity index (χ3v) is 3.64. The predicted molar refractivity (Wildman–Crippen MR) is 74.8 cm³/mol. The fraction of sp³-hybridized carbons (Fsp3) is 0.0833. The van der Waals surface area contributed by atoms with Crippen molar-refractivity contribution in [3.05, 3.63) is 45.4 Å². The van der Waals surface area contributed by atoms with Crippen LogP contribution in [0.5, 0.6) is 0 Å². The summed E-state index contributed by atoms with van der Waals surface area (Å²) in [4.78, 5) is 23.5. The molecule has 3 N–H and O–H groups in total. The lowest BCUT2D eigenvalue weighted by molar-refractivity contribution is 0.100. The zero-order valence-electron chi connectivity index (χ0n) is 9.94. The molecule has 1 aromatic carbocycles. The Morgan fingerprint density at radius 2 is 1.95 bits per heavy atom. The Morgan fingerprint density at radius 1 is 1.32 bits per heavy atom. The fourth-order valence-corrected chi connectivity index (χ4v) is 2.30. The Labute approximate surface area is 118 Å². The summed E-state index contributed by atoms with van der Waals surface area (Å²) >= 11 is 6.71. The number of carbonyl (C=O) groups excluding carboxylic acids is 2. The van der Waals surface area contributed by atoms with E-state index in [1.807, 2.05) is 0 Å². The number of halogens is 1. The van der Waals surface area contributed by atoms with Gasteiger partial charge in [0.05, 0.1) is 11.4 Å². The lowest BCUT2D eigenvalue weighted by Crippen LogP contribution is -2.17. The molecular formula is C12H10ClN3O2S. The summed E-state index contributed by atoms with van der Waals surface area (Å²) in [6.07, 6.45) is 0. The normalized spacial score (nSPS) is 10.2. The van der Waals surface area contributed by atoms with E-state index in [0.717, 1.165) is 11.5 Å². The third-order valence-electron chi connectivity index (χ3n) is 2.43. The van der Waals surface area contributed by atoms with Gasteiger partial charge in [0.15, 0.2) is 0 Å². The van der Waals surface area contributed by atoms with Crippen molar-refractivity contribution in [3.63, 3.8) is 0 Å². The quantitative estimate of drug-likeness (QED) is 0.912. The SMILES string of the molecule is Cc1nsc(C(N)=O)c1NC(=O)c1ccc(Cl)cc1. The summed E-state index contributed by atoms with van der Waals surface area (Å²) in [6, 6.07) is 6.42. The molecule has 1 heterocycles. The van der Waals surface area contributed by atoms with Crippen molar-refractivity contribution in [3.8, 4) is 0 Å². The van der Waals surface area contributed by atoms with Gasteiger partial charge >= 0.3 is 0 Å². The summed E-state index contributed by atoms with van der Waals surface area (Å²) in [5, 5.41) is 3.19. The maximum atomic E-state index is 12.0.